The number of aromatic nitrogens is 2. The molecule has 3 nitrogen and oxygen atoms in total. The van der Waals surface area contributed by atoms with Crippen molar-refractivity contribution >= 4 is 22.7 Å². The van der Waals surface area contributed by atoms with Crippen molar-refractivity contribution in [1.29, 1.82) is 0 Å². The van der Waals surface area contributed by atoms with E-state index in [4.69, 9.17) is 21.1 Å². The smallest absolute Gasteiger partial charge is 0.180 e. The van der Waals surface area contributed by atoms with Crippen LogP contribution in [-0.2, 0) is 6.54 Å². The predicted molar refractivity (Wildman–Crippen MR) is 92.7 cm³/mol. The fraction of sp³-hybridized carbons (Fsp3) is 0.105. The maximum atomic E-state index is 5.96. The number of nitrogens with zero attached hydrogens (tertiary/aromatic N) is 2. The predicted octanol–water partition coefficient (Wildman–Crippen LogP) is 5.31. The molecule has 114 valence electrons. The van der Waals surface area contributed by atoms with Crippen molar-refractivity contribution in [2.75, 3.05) is 0 Å². The van der Waals surface area contributed by atoms with Crippen molar-refractivity contribution in [2.24, 2.45) is 0 Å². The second kappa shape index (κ2) is 5.60. The zero-order valence-corrected chi connectivity index (χ0v) is 13.4. The lowest BCUT2D eigenvalue weighted by atomic mass is 10.1. The highest BCUT2D eigenvalue weighted by Gasteiger charge is 2.16. The topological polar surface area (TPSA) is 31.0 Å². The average Bonchev–Trinajstić information content (AvgIpc) is 3.09. The van der Waals surface area contributed by atoms with E-state index in [1.54, 1.807) is 0 Å². The molecule has 0 bridgehead atoms. The number of furan rings is 1. The molecule has 2 aromatic carbocycles. The first-order valence-corrected chi connectivity index (χ1v) is 7.85. The molecule has 4 aromatic rings. The van der Waals surface area contributed by atoms with Gasteiger partial charge in [0.15, 0.2) is 5.58 Å². The quantitative estimate of drug-likeness (QED) is 0.512. The molecule has 4 heteroatoms. The Balaban J connectivity index is 1.82. The Labute approximate surface area is 139 Å². The van der Waals surface area contributed by atoms with Gasteiger partial charge in [-0.2, -0.15) is 5.10 Å². The van der Waals surface area contributed by atoms with Crippen LogP contribution in [0.4, 0.5) is 0 Å². The first kappa shape index (κ1) is 14.1. The Bertz CT molecular complexity index is 952. The molecule has 0 fully saturated rings. The number of benzene rings is 2. The monoisotopic (exact) mass is 322 g/mol. The van der Waals surface area contributed by atoms with E-state index in [1.165, 1.54) is 0 Å². The summed E-state index contributed by atoms with van der Waals surface area (Å²) in [4.78, 5) is 0. The molecule has 0 aliphatic rings. The molecule has 0 saturated carbocycles. The molecule has 4 rings (SSSR count). The molecular weight excluding hydrogens is 308 g/mol. The van der Waals surface area contributed by atoms with E-state index in [0.717, 1.165) is 38.7 Å². The summed E-state index contributed by atoms with van der Waals surface area (Å²) in [5, 5.41) is 5.51. The first-order valence-electron chi connectivity index (χ1n) is 7.47. The van der Waals surface area contributed by atoms with Gasteiger partial charge in [-0.05, 0) is 24.6 Å². The fourth-order valence-corrected chi connectivity index (χ4v) is 2.88. The molecule has 0 aliphatic carbocycles. The summed E-state index contributed by atoms with van der Waals surface area (Å²) in [6.45, 7) is 2.64. The highest BCUT2D eigenvalue weighted by molar-refractivity contribution is 6.30. The minimum atomic E-state index is 0.680. The lowest BCUT2D eigenvalue weighted by molar-refractivity contribution is 0.579. The molecule has 2 aromatic heterocycles. The van der Waals surface area contributed by atoms with Crippen LogP contribution < -0.4 is 0 Å². The van der Waals surface area contributed by atoms with Gasteiger partial charge in [-0.15, -0.1) is 0 Å². The van der Waals surface area contributed by atoms with Gasteiger partial charge in [0.25, 0.3) is 0 Å². The van der Waals surface area contributed by atoms with E-state index < -0.39 is 0 Å². The Morgan fingerprint density at radius 1 is 1.04 bits per heavy atom. The Morgan fingerprint density at radius 3 is 2.52 bits per heavy atom. The number of hydrogen-bond donors (Lipinski definition) is 0. The van der Waals surface area contributed by atoms with E-state index in [2.05, 4.69) is 0 Å². The van der Waals surface area contributed by atoms with Crippen molar-refractivity contribution in [3.05, 3.63) is 77.0 Å². The Morgan fingerprint density at radius 2 is 1.78 bits per heavy atom. The van der Waals surface area contributed by atoms with Crippen molar-refractivity contribution in [2.45, 2.75) is 13.5 Å². The van der Waals surface area contributed by atoms with Gasteiger partial charge >= 0.3 is 0 Å². The second-order valence-electron chi connectivity index (χ2n) is 5.57. The third-order valence-corrected chi connectivity index (χ3v) is 4.09. The van der Waals surface area contributed by atoms with E-state index in [9.17, 15) is 0 Å². The molecule has 23 heavy (non-hydrogen) atoms. The Hall–Kier alpha value is -2.52. The average molecular weight is 323 g/mol. The highest BCUT2D eigenvalue weighted by Crippen LogP contribution is 2.30. The summed E-state index contributed by atoms with van der Waals surface area (Å²) >= 11 is 5.96. The third-order valence-electron chi connectivity index (χ3n) is 3.84. The molecule has 0 N–H and O–H groups in total. The molecule has 0 saturated heterocycles. The van der Waals surface area contributed by atoms with E-state index in [0.29, 0.717) is 6.54 Å². The molecule has 0 atom stereocenters. The van der Waals surface area contributed by atoms with Gasteiger partial charge in [-0.3, -0.25) is 4.68 Å². The van der Waals surface area contributed by atoms with Crippen molar-refractivity contribution in [3.8, 4) is 11.3 Å². The number of rotatable bonds is 3. The molecule has 0 amide bonds. The van der Waals surface area contributed by atoms with Crippen LogP contribution in [0.15, 0.2) is 65.1 Å². The van der Waals surface area contributed by atoms with Gasteiger partial charge in [0, 0.05) is 16.7 Å². The largest absolute Gasteiger partial charge is 0.457 e. The SMILES string of the molecule is Cc1cc2c(o1)c(-c1ccccc1)nn2Cc1ccc(Cl)cc1. The lowest BCUT2D eigenvalue weighted by Crippen LogP contribution is -2.01. The standard InChI is InChI=1S/C19H15ClN2O/c1-13-11-17-19(23-13)18(15-5-3-2-4-6-15)21-22(17)12-14-7-9-16(20)10-8-14/h2-11H,12H2,1H3. The number of halogens is 1. The van der Waals surface area contributed by atoms with E-state index in [1.807, 2.05) is 72.3 Å². The zero-order valence-electron chi connectivity index (χ0n) is 12.7. The third kappa shape index (κ3) is 2.64. The first-order chi connectivity index (χ1) is 11.2. The maximum absolute atomic E-state index is 5.96. The van der Waals surface area contributed by atoms with Crippen LogP contribution in [0.2, 0.25) is 5.02 Å². The molecule has 0 aliphatic heterocycles. The summed E-state index contributed by atoms with van der Waals surface area (Å²) in [7, 11) is 0. The van der Waals surface area contributed by atoms with Crippen LogP contribution in [0.1, 0.15) is 11.3 Å². The van der Waals surface area contributed by atoms with Crippen LogP contribution in [0, 0.1) is 6.92 Å². The summed E-state index contributed by atoms with van der Waals surface area (Å²) < 4.78 is 7.87. The van der Waals surface area contributed by atoms with Crippen LogP contribution in [0.25, 0.3) is 22.4 Å². The van der Waals surface area contributed by atoms with Crippen LogP contribution >= 0.6 is 11.6 Å². The minimum absolute atomic E-state index is 0.680. The summed E-state index contributed by atoms with van der Waals surface area (Å²) in [6, 6.07) is 20.0. The summed E-state index contributed by atoms with van der Waals surface area (Å²) in [5.74, 6) is 0.888. The van der Waals surface area contributed by atoms with Crippen molar-refractivity contribution < 1.29 is 4.42 Å². The van der Waals surface area contributed by atoms with Crippen LogP contribution in [-0.4, -0.2) is 9.78 Å². The highest BCUT2D eigenvalue weighted by atomic mass is 35.5. The normalized spacial score (nSPS) is 11.2. The maximum Gasteiger partial charge on any atom is 0.180 e. The zero-order chi connectivity index (χ0) is 15.8. The number of hydrogen-bond acceptors (Lipinski definition) is 2. The van der Waals surface area contributed by atoms with E-state index >= 15 is 0 Å². The molecular formula is C19H15ClN2O. The fourth-order valence-electron chi connectivity index (χ4n) is 2.75. The lowest BCUT2D eigenvalue weighted by Gasteiger charge is -2.03. The van der Waals surface area contributed by atoms with Gasteiger partial charge in [-0.1, -0.05) is 54.1 Å². The Kier molecular flexibility index (Phi) is 3.43. The number of fused-ring (bicyclic) bond motifs is 1. The number of aryl methyl sites for hydroxylation is 1. The van der Waals surface area contributed by atoms with Gasteiger partial charge in [0.1, 0.15) is 17.0 Å². The van der Waals surface area contributed by atoms with Gasteiger partial charge in [-0.25, -0.2) is 0 Å². The van der Waals surface area contributed by atoms with Gasteiger partial charge in [0.05, 0.1) is 6.54 Å². The van der Waals surface area contributed by atoms with Gasteiger partial charge < -0.3 is 4.42 Å². The second-order valence-corrected chi connectivity index (χ2v) is 6.01. The van der Waals surface area contributed by atoms with Crippen LogP contribution in [0.5, 0.6) is 0 Å². The van der Waals surface area contributed by atoms with Crippen LogP contribution in [0.3, 0.4) is 0 Å². The van der Waals surface area contributed by atoms with Crippen molar-refractivity contribution in [1.82, 2.24) is 9.78 Å². The summed E-state index contributed by atoms with van der Waals surface area (Å²) in [6.07, 6.45) is 0. The van der Waals surface area contributed by atoms with Crippen molar-refractivity contribution in [3.63, 3.8) is 0 Å². The summed E-state index contributed by atoms with van der Waals surface area (Å²) in [5.41, 5.74) is 4.93. The minimum Gasteiger partial charge on any atom is -0.457 e. The molecule has 2 heterocycles. The van der Waals surface area contributed by atoms with E-state index in [-0.39, 0.29) is 0 Å². The molecule has 0 radical (unpaired) electrons. The van der Waals surface area contributed by atoms with Gasteiger partial charge in [0.2, 0.25) is 0 Å². The molecule has 0 spiro atoms. The molecule has 0 unspecified atom stereocenters.